The molecule has 1 fully saturated rings. The van der Waals surface area contributed by atoms with E-state index in [2.05, 4.69) is 24.2 Å². The van der Waals surface area contributed by atoms with Gasteiger partial charge in [0.2, 0.25) is 0 Å². The zero-order chi connectivity index (χ0) is 11.3. The minimum atomic E-state index is 0.210. The zero-order valence-corrected chi connectivity index (χ0v) is 9.51. The minimum absolute atomic E-state index is 0.210. The molecule has 1 aliphatic carbocycles. The van der Waals surface area contributed by atoms with Gasteiger partial charge in [-0.1, -0.05) is 25.1 Å². The summed E-state index contributed by atoms with van der Waals surface area (Å²) in [5, 5.41) is 17.8. The van der Waals surface area contributed by atoms with Crippen LogP contribution in [0.3, 0.4) is 0 Å². The van der Waals surface area contributed by atoms with Crippen LogP contribution in [0.15, 0.2) is 18.2 Å². The Bertz CT molecular complexity index is 536. The standard InChI is InChI=1S/C12H15N3O/c1-12(2)6-8(7-12)15-9-4-3-5-10(16)11(9)13-14-15/h3-5,8,16H,6-7H2,1-2H3. The molecule has 0 unspecified atom stereocenters. The molecule has 0 spiro atoms. The third-order valence-electron chi connectivity index (χ3n) is 3.40. The maximum absolute atomic E-state index is 9.64. The number of phenolic OH excluding ortho intramolecular Hbond substituents is 1. The lowest BCUT2D eigenvalue weighted by Gasteiger charge is -2.42. The average molecular weight is 217 g/mol. The van der Waals surface area contributed by atoms with Crippen LogP contribution in [-0.4, -0.2) is 20.1 Å². The lowest BCUT2D eigenvalue weighted by Crippen LogP contribution is -2.34. The molecule has 1 aromatic carbocycles. The highest BCUT2D eigenvalue weighted by atomic mass is 16.3. The number of fused-ring (bicyclic) bond motifs is 1. The zero-order valence-electron chi connectivity index (χ0n) is 9.51. The summed E-state index contributed by atoms with van der Waals surface area (Å²) >= 11 is 0. The van der Waals surface area contributed by atoms with Crippen molar-refractivity contribution < 1.29 is 5.11 Å². The highest BCUT2D eigenvalue weighted by molar-refractivity contribution is 5.80. The monoisotopic (exact) mass is 217 g/mol. The van der Waals surface area contributed by atoms with Gasteiger partial charge in [-0.25, -0.2) is 4.68 Å². The SMILES string of the molecule is CC1(C)CC(n2nnc3c(O)cccc32)C1. The first-order valence-electron chi connectivity index (χ1n) is 5.60. The van der Waals surface area contributed by atoms with Crippen molar-refractivity contribution in [1.29, 1.82) is 0 Å². The molecule has 0 bridgehead atoms. The van der Waals surface area contributed by atoms with Gasteiger partial charge in [-0.2, -0.15) is 0 Å². The number of hydrogen-bond donors (Lipinski definition) is 1. The van der Waals surface area contributed by atoms with Crippen molar-refractivity contribution >= 4 is 11.0 Å². The van der Waals surface area contributed by atoms with Crippen molar-refractivity contribution in [2.24, 2.45) is 5.41 Å². The van der Waals surface area contributed by atoms with Gasteiger partial charge in [0, 0.05) is 0 Å². The summed E-state index contributed by atoms with van der Waals surface area (Å²) in [7, 11) is 0. The summed E-state index contributed by atoms with van der Waals surface area (Å²) in [5.74, 6) is 0.210. The topological polar surface area (TPSA) is 50.9 Å². The van der Waals surface area contributed by atoms with Gasteiger partial charge < -0.3 is 5.11 Å². The van der Waals surface area contributed by atoms with E-state index < -0.39 is 0 Å². The molecule has 1 N–H and O–H groups in total. The summed E-state index contributed by atoms with van der Waals surface area (Å²) < 4.78 is 1.94. The maximum atomic E-state index is 9.64. The normalized spacial score (nSPS) is 19.9. The number of nitrogens with zero attached hydrogens (tertiary/aromatic N) is 3. The Kier molecular flexibility index (Phi) is 1.79. The molecular formula is C12H15N3O. The number of aromatic hydroxyl groups is 1. The van der Waals surface area contributed by atoms with E-state index in [0.717, 1.165) is 18.4 Å². The summed E-state index contributed by atoms with van der Waals surface area (Å²) in [6, 6.07) is 5.87. The second-order valence-electron chi connectivity index (χ2n) is 5.41. The predicted octanol–water partition coefficient (Wildman–Crippen LogP) is 2.50. The van der Waals surface area contributed by atoms with Gasteiger partial charge in [0.15, 0.2) is 5.52 Å². The first-order valence-corrected chi connectivity index (χ1v) is 5.60. The summed E-state index contributed by atoms with van der Waals surface area (Å²) in [4.78, 5) is 0. The molecule has 84 valence electrons. The van der Waals surface area contributed by atoms with Crippen molar-refractivity contribution in [1.82, 2.24) is 15.0 Å². The molecule has 4 nitrogen and oxygen atoms in total. The van der Waals surface area contributed by atoms with Gasteiger partial charge in [-0.15, -0.1) is 5.10 Å². The van der Waals surface area contributed by atoms with Gasteiger partial charge >= 0.3 is 0 Å². The van der Waals surface area contributed by atoms with Crippen molar-refractivity contribution in [3.63, 3.8) is 0 Å². The third-order valence-corrected chi connectivity index (χ3v) is 3.40. The molecule has 1 saturated carbocycles. The first kappa shape index (κ1) is 9.63. The first-order chi connectivity index (χ1) is 7.57. The van der Waals surface area contributed by atoms with Gasteiger partial charge in [0.1, 0.15) is 5.75 Å². The molecule has 1 heterocycles. The number of aromatic nitrogens is 3. The minimum Gasteiger partial charge on any atom is -0.506 e. The van der Waals surface area contributed by atoms with Crippen molar-refractivity contribution in [2.45, 2.75) is 32.7 Å². The molecule has 0 amide bonds. The number of benzene rings is 1. The lowest BCUT2D eigenvalue weighted by molar-refractivity contribution is 0.0966. The summed E-state index contributed by atoms with van der Waals surface area (Å²) in [6.45, 7) is 4.53. The Morgan fingerprint density at radius 1 is 1.38 bits per heavy atom. The Balaban J connectivity index is 2.03. The van der Waals surface area contributed by atoms with Gasteiger partial charge in [0.05, 0.1) is 11.6 Å². The van der Waals surface area contributed by atoms with E-state index in [9.17, 15) is 5.11 Å². The lowest BCUT2D eigenvalue weighted by atomic mass is 9.68. The number of phenols is 1. The summed E-state index contributed by atoms with van der Waals surface area (Å²) in [6.07, 6.45) is 2.25. The van der Waals surface area contributed by atoms with Crippen LogP contribution in [0.4, 0.5) is 0 Å². The fraction of sp³-hybridized carbons (Fsp3) is 0.500. The van der Waals surface area contributed by atoms with Crippen LogP contribution in [0.5, 0.6) is 5.75 Å². The van der Waals surface area contributed by atoms with Crippen molar-refractivity contribution in [3.8, 4) is 5.75 Å². The van der Waals surface area contributed by atoms with Crippen LogP contribution >= 0.6 is 0 Å². The number of rotatable bonds is 1. The predicted molar refractivity (Wildman–Crippen MR) is 61.2 cm³/mol. The van der Waals surface area contributed by atoms with Crippen LogP contribution in [0.2, 0.25) is 0 Å². The van der Waals surface area contributed by atoms with Gasteiger partial charge in [0.25, 0.3) is 0 Å². The highest BCUT2D eigenvalue weighted by Gasteiger charge is 2.38. The molecule has 0 radical (unpaired) electrons. The molecule has 3 rings (SSSR count). The van der Waals surface area contributed by atoms with E-state index in [0.29, 0.717) is 17.0 Å². The Morgan fingerprint density at radius 2 is 2.12 bits per heavy atom. The van der Waals surface area contributed by atoms with Crippen LogP contribution in [-0.2, 0) is 0 Å². The third kappa shape index (κ3) is 1.29. The highest BCUT2D eigenvalue weighted by Crippen LogP contribution is 2.48. The summed E-state index contributed by atoms with van der Waals surface area (Å²) in [5.41, 5.74) is 1.95. The quantitative estimate of drug-likeness (QED) is 0.798. The molecule has 1 aliphatic rings. The maximum Gasteiger partial charge on any atom is 0.154 e. The molecular weight excluding hydrogens is 202 g/mol. The van der Waals surface area contributed by atoms with E-state index in [1.165, 1.54) is 0 Å². The van der Waals surface area contributed by atoms with Crippen LogP contribution < -0.4 is 0 Å². The van der Waals surface area contributed by atoms with E-state index >= 15 is 0 Å². The molecule has 0 atom stereocenters. The van der Waals surface area contributed by atoms with Gasteiger partial charge in [-0.3, -0.25) is 0 Å². The number of hydrogen-bond acceptors (Lipinski definition) is 3. The average Bonchev–Trinajstić information content (AvgIpc) is 2.59. The fourth-order valence-corrected chi connectivity index (χ4v) is 2.61. The molecule has 16 heavy (non-hydrogen) atoms. The Labute approximate surface area is 93.9 Å². The van der Waals surface area contributed by atoms with E-state index in [4.69, 9.17) is 0 Å². The molecule has 2 aromatic rings. The largest absolute Gasteiger partial charge is 0.506 e. The smallest absolute Gasteiger partial charge is 0.154 e. The Morgan fingerprint density at radius 3 is 2.81 bits per heavy atom. The van der Waals surface area contributed by atoms with Gasteiger partial charge in [-0.05, 0) is 30.4 Å². The van der Waals surface area contributed by atoms with Crippen LogP contribution in [0, 0.1) is 5.41 Å². The van der Waals surface area contributed by atoms with Crippen LogP contribution in [0.1, 0.15) is 32.7 Å². The van der Waals surface area contributed by atoms with E-state index in [1.54, 1.807) is 6.07 Å². The van der Waals surface area contributed by atoms with Crippen molar-refractivity contribution in [2.75, 3.05) is 0 Å². The second kappa shape index (κ2) is 2.97. The molecule has 1 aromatic heterocycles. The second-order valence-corrected chi connectivity index (χ2v) is 5.41. The molecule has 4 heteroatoms. The van der Waals surface area contributed by atoms with E-state index in [-0.39, 0.29) is 5.75 Å². The molecule has 0 aliphatic heterocycles. The van der Waals surface area contributed by atoms with Crippen molar-refractivity contribution in [3.05, 3.63) is 18.2 Å². The van der Waals surface area contributed by atoms with E-state index in [1.807, 2.05) is 16.8 Å². The Hall–Kier alpha value is -1.58. The van der Waals surface area contributed by atoms with Crippen LogP contribution in [0.25, 0.3) is 11.0 Å². The molecule has 0 saturated heterocycles. The fourth-order valence-electron chi connectivity index (χ4n) is 2.61.